The summed E-state index contributed by atoms with van der Waals surface area (Å²) in [4.78, 5) is 0. The molecule has 1 aliphatic heterocycles. The summed E-state index contributed by atoms with van der Waals surface area (Å²) in [5, 5.41) is 4.50. The summed E-state index contributed by atoms with van der Waals surface area (Å²) in [5.41, 5.74) is 4.17. The second kappa shape index (κ2) is 6.77. The lowest BCUT2D eigenvalue weighted by Gasteiger charge is -2.27. The van der Waals surface area contributed by atoms with Crippen LogP contribution in [-0.2, 0) is 12.0 Å². The molecule has 0 spiro atoms. The maximum Gasteiger partial charge on any atom is 0.0780 e. The molecule has 0 saturated heterocycles. The van der Waals surface area contributed by atoms with E-state index in [4.69, 9.17) is 0 Å². The maximum atomic E-state index is 4.50. The van der Waals surface area contributed by atoms with Crippen molar-refractivity contribution in [2.24, 2.45) is 0 Å². The minimum absolute atomic E-state index is 0. The summed E-state index contributed by atoms with van der Waals surface area (Å²) >= 11 is 0. The maximum absolute atomic E-state index is 4.50. The standard InChI is InChI=1S/C12H18N2.C3H8.CH4/c1-9-8-13-14-11(9)7-5-6-10(2)12(14,3)4;1-3-2;/h6,8H,5,7H2,1-4H3;3H2,1-2H3;1H4. The van der Waals surface area contributed by atoms with E-state index in [1.165, 1.54) is 23.3 Å². The van der Waals surface area contributed by atoms with E-state index < -0.39 is 0 Å². The highest BCUT2D eigenvalue weighted by molar-refractivity contribution is 5.25. The van der Waals surface area contributed by atoms with Gasteiger partial charge >= 0.3 is 0 Å². The highest BCUT2D eigenvalue weighted by atomic mass is 15.3. The van der Waals surface area contributed by atoms with Crippen molar-refractivity contribution in [2.75, 3.05) is 0 Å². The number of aryl methyl sites for hydroxylation is 1. The second-order valence-electron chi connectivity index (χ2n) is 5.38. The van der Waals surface area contributed by atoms with E-state index in [1.54, 1.807) is 0 Å². The van der Waals surface area contributed by atoms with Gasteiger partial charge in [0.25, 0.3) is 0 Å². The molecule has 2 heteroatoms. The number of fused-ring (bicyclic) bond motifs is 1. The third kappa shape index (κ3) is 3.24. The van der Waals surface area contributed by atoms with Gasteiger partial charge in [0.1, 0.15) is 0 Å². The lowest BCUT2D eigenvalue weighted by Crippen LogP contribution is -2.29. The molecule has 104 valence electrons. The molecule has 0 aliphatic carbocycles. The highest BCUT2D eigenvalue weighted by Gasteiger charge is 2.27. The van der Waals surface area contributed by atoms with Gasteiger partial charge in [-0.1, -0.05) is 39.3 Å². The zero-order valence-electron chi connectivity index (χ0n) is 12.2. The summed E-state index contributed by atoms with van der Waals surface area (Å²) in [7, 11) is 0. The van der Waals surface area contributed by atoms with Crippen molar-refractivity contribution in [1.82, 2.24) is 9.78 Å². The molecule has 0 bridgehead atoms. The van der Waals surface area contributed by atoms with Gasteiger partial charge in [0.05, 0.1) is 11.7 Å². The number of nitrogens with zero attached hydrogens (tertiary/aromatic N) is 2. The van der Waals surface area contributed by atoms with Crippen molar-refractivity contribution in [3.8, 4) is 0 Å². The van der Waals surface area contributed by atoms with Crippen molar-refractivity contribution >= 4 is 0 Å². The molecule has 1 aromatic rings. The van der Waals surface area contributed by atoms with Crippen molar-refractivity contribution in [2.45, 2.75) is 73.8 Å². The van der Waals surface area contributed by atoms with Gasteiger partial charge in [-0.25, -0.2) is 0 Å². The number of rotatable bonds is 0. The Morgan fingerprint density at radius 3 is 2.39 bits per heavy atom. The fourth-order valence-corrected chi connectivity index (χ4v) is 2.08. The predicted octanol–water partition coefficient (Wildman–Crippen LogP) is 4.87. The molecule has 0 saturated carbocycles. The first-order chi connectivity index (χ1) is 7.95. The molecular formula is C16H30N2. The first kappa shape index (κ1) is 16.9. The minimum Gasteiger partial charge on any atom is -0.260 e. The lowest BCUT2D eigenvalue weighted by molar-refractivity contribution is 0.374. The first-order valence-electron chi connectivity index (χ1n) is 6.66. The highest BCUT2D eigenvalue weighted by Crippen LogP contribution is 2.30. The third-order valence-electron chi connectivity index (χ3n) is 3.40. The van der Waals surface area contributed by atoms with Crippen LogP contribution < -0.4 is 0 Å². The molecule has 0 atom stereocenters. The van der Waals surface area contributed by atoms with Gasteiger partial charge in [-0.05, 0) is 46.1 Å². The van der Waals surface area contributed by atoms with Gasteiger partial charge in [-0.2, -0.15) is 5.10 Å². The molecule has 0 fully saturated rings. The largest absolute Gasteiger partial charge is 0.260 e. The van der Waals surface area contributed by atoms with E-state index in [0.29, 0.717) is 0 Å². The van der Waals surface area contributed by atoms with Crippen LogP contribution in [0.5, 0.6) is 0 Å². The number of aromatic nitrogens is 2. The van der Waals surface area contributed by atoms with Crippen LogP contribution in [-0.4, -0.2) is 9.78 Å². The van der Waals surface area contributed by atoms with Gasteiger partial charge in [0.2, 0.25) is 0 Å². The predicted molar refractivity (Wildman–Crippen MR) is 81.1 cm³/mol. The van der Waals surface area contributed by atoms with Crippen LogP contribution in [0.25, 0.3) is 0 Å². The van der Waals surface area contributed by atoms with Crippen LogP contribution in [0.2, 0.25) is 0 Å². The zero-order chi connectivity index (χ0) is 13.1. The Balaban J connectivity index is 0.000000660. The van der Waals surface area contributed by atoms with E-state index >= 15 is 0 Å². The minimum atomic E-state index is 0. The van der Waals surface area contributed by atoms with Crippen molar-refractivity contribution in [1.29, 1.82) is 0 Å². The van der Waals surface area contributed by atoms with Crippen molar-refractivity contribution in [3.63, 3.8) is 0 Å². The van der Waals surface area contributed by atoms with E-state index in [9.17, 15) is 0 Å². The second-order valence-corrected chi connectivity index (χ2v) is 5.38. The van der Waals surface area contributed by atoms with E-state index in [2.05, 4.69) is 57.4 Å². The Kier molecular flexibility index (Phi) is 6.37. The Bertz CT molecular complexity index is 397. The van der Waals surface area contributed by atoms with Crippen LogP contribution in [0, 0.1) is 6.92 Å². The van der Waals surface area contributed by atoms with Crippen LogP contribution >= 0.6 is 0 Å². The average molecular weight is 250 g/mol. The van der Waals surface area contributed by atoms with Crippen molar-refractivity contribution in [3.05, 3.63) is 29.1 Å². The van der Waals surface area contributed by atoms with Gasteiger partial charge in [0.15, 0.2) is 0 Å². The molecule has 2 nitrogen and oxygen atoms in total. The normalized spacial score (nSPS) is 16.4. The quantitative estimate of drug-likeness (QED) is 0.601. The fourth-order valence-electron chi connectivity index (χ4n) is 2.08. The number of allylic oxidation sites excluding steroid dienone is 2. The third-order valence-corrected chi connectivity index (χ3v) is 3.40. The molecule has 0 N–H and O–H groups in total. The molecule has 0 amide bonds. The van der Waals surface area contributed by atoms with Crippen molar-refractivity contribution < 1.29 is 0 Å². The molecule has 18 heavy (non-hydrogen) atoms. The van der Waals surface area contributed by atoms with Crippen LogP contribution in [0.4, 0.5) is 0 Å². The van der Waals surface area contributed by atoms with E-state index in [0.717, 1.165) is 12.8 Å². The Morgan fingerprint density at radius 2 is 1.83 bits per heavy atom. The number of hydrogen-bond acceptors (Lipinski definition) is 1. The Labute approximate surface area is 113 Å². The first-order valence-corrected chi connectivity index (χ1v) is 6.66. The zero-order valence-corrected chi connectivity index (χ0v) is 12.2. The van der Waals surface area contributed by atoms with Crippen LogP contribution in [0.15, 0.2) is 17.8 Å². The van der Waals surface area contributed by atoms with E-state index in [1.807, 2.05) is 6.20 Å². The lowest BCUT2D eigenvalue weighted by atomic mass is 9.95. The number of hydrogen-bond donors (Lipinski definition) is 0. The molecule has 1 aromatic heterocycles. The van der Waals surface area contributed by atoms with Crippen LogP contribution in [0.1, 0.15) is 66.1 Å². The average Bonchev–Trinajstić information content (AvgIpc) is 2.56. The molecule has 2 rings (SSSR count). The van der Waals surface area contributed by atoms with E-state index in [-0.39, 0.29) is 13.0 Å². The molecular weight excluding hydrogens is 220 g/mol. The summed E-state index contributed by atoms with van der Waals surface area (Å²) in [5.74, 6) is 0. The SMILES string of the molecule is C.CC1=CCCc2c(C)cnn2C1(C)C.CCC. The molecule has 1 aliphatic rings. The van der Waals surface area contributed by atoms with Gasteiger partial charge in [-0.15, -0.1) is 0 Å². The summed E-state index contributed by atoms with van der Waals surface area (Å²) in [6, 6.07) is 0. The van der Waals surface area contributed by atoms with Crippen LogP contribution in [0.3, 0.4) is 0 Å². The molecule has 0 aromatic carbocycles. The smallest absolute Gasteiger partial charge is 0.0780 e. The Morgan fingerprint density at radius 1 is 1.28 bits per heavy atom. The van der Waals surface area contributed by atoms with Gasteiger partial charge in [-0.3, -0.25) is 4.68 Å². The van der Waals surface area contributed by atoms with Gasteiger partial charge < -0.3 is 0 Å². The molecule has 0 radical (unpaired) electrons. The molecule has 0 unspecified atom stereocenters. The topological polar surface area (TPSA) is 17.8 Å². The molecule has 2 heterocycles. The van der Waals surface area contributed by atoms with Gasteiger partial charge in [0, 0.05) is 5.69 Å². The summed E-state index contributed by atoms with van der Waals surface area (Å²) < 4.78 is 2.18. The summed E-state index contributed by atoms with van der Waals surface area (Å²) in [6.07, 6.45) is 7.83. The Hall–Kier alpha value is -1.05. The monoisotopic (exact) mass is 250 g/mol. The fraction of sp³-hybridized carbons (Fsp3) is 0.688. The summed E-state index contributed by atoms with van der Waals surface area (Å²) in [6.45, 7) is 13.1.